The first-order valence-electron chi connectivity index (χ1n) is 7.83. The summed E-state index contributed by atoms with van der Waals surface area (Å²) in [5.74, 6) is -0.605. The third-order valence-corrected chi connectivity index (χ3v) is 3.28. The zero-order valence-corrected chi connectivity index (χ0v) is 11.7. The molecule has 22 heavy (non-hydrogen) atoms. The molecular weight excluding hydrogens is 278 g/mol. The summed E-state index contributed by atoms with van der Waals surface area (Å²) in [7, 11) is 0. The van der Waals surface area contributed by atoms with Crippen molar-refractivity contribution in [2.75, 3.05) is 13.1 Å². The van der Waals surface area contributed by atoms with E-state index in [2.05, 4.69) is 4.74 Å². The van der Waals surface area contributed by atoms with E-state index in [1.165, 1.54) is 6.08 Å². The van der Waals surface area contributed by atoms with Crippen LogP contribution < -0.4 is 0 Å². The molecule has 1 aliphatic heterocycles. The van der Waals surface area contributed by atoms with Gasteiger partial charge in [0.25, 0.3) is 5.91 Å². The minimum absolute atomic E-state index is 0.404. The van der Waals surface area contributed by atoms with Gasteiger partial charge in [-0.15, -0.1) is 0 Å². The number of nitrogens with zero attached hydrogens (tertiary/aromatic N) is 1. The molecule has 0 aromatic heterocycles. The molecule has 0 bridgehead atoms. The molecule has 0 saturated carbocycles. The second-order valence-corrected chi connectivity index (χ2v) is 4.76. The molecule has 2 amide bonds. The maximum Gasteiger partial charge on any atom is 0.416 e. The summed E-state index contributed by atoms with van der Waals surface area (Å²) >= 11 is 0. The van der Waals surface area contributed by atoms with Crippen molar-refractivity contribution >= 4 is 18.1 Å². The fourth-order valence-electron chi connectivity index (χ4n) is 2.16. The molecule has 0 aliphatic carbocycles. The van der Waals surface area contributed by atoms with E-state index < -0.39 is 25.1 Å². The van der Waals surface area contributed by atoms with E-state index in [4.69, 9.17) is 2.74 Å². The van der Waals surface area contributed by atoms with Crippen molar-refractivity contribution in [3.8, 4) is 11.1 Å². The van der Waals surface area contributed by atoms with Crippen molar-refractivity contribution in [3.05, 3.63) is 66.2 Å². The normalized spacial score (nSPS) is 18.0. The summed E-state index contributed by atoms with van der Waals surface area (Å²) < 4.78 is 19.2. The van der Waals surface area contributed by atoms with Crippen molar-refractivity contribution in [2.24, 2.45) is 0 Å². The van der Waals surface area contributed by atoms with Crippen LogP contribution in [0.3, 0.4) is 0 Å². The highest BCUT2D eigenvalue weighted by Gasteiger charge is 2.26. The van der Waals surface area contributed by atoms with Crippen molar-refractivity contribution < 1.29 is 17.1 Å². The van der Waals surface area contributed by atoms with Crippen LogP contribution in [-0.2, 0) is 9.53 Å². The molecule has 2 aromatic rings. The molecule has 0 radical (unpaired) electrons. The van der Waals surface area contributed by atoms with Gasteiger partial charge in [0.05, 0.1) is 9.29 Å². The van der Waals surface area contributed by atoms with Crippen LogP contribution >= 0.6 is 0 Å². The zero-order valence-electron chi connectivity index (χ0n) is 13.7. The van der Waals surface area contributed by atoms with Crippen LogP contribution in [0.5, 0.6) is 0 Å². The lowest BCUT2D eigenvalue weighted by atomic mass is 10.0. The molecule has 1 heterocycles. The predicted molar refractivity (Wildman–Crippen MR) is 84.0 cm³/mol. The Kier molecular flexibility index (Phi) is 3.34. The molecule has 0 spiro atoms. The first kappa shape index (κ1) is 11.7. The van der Waals surface area contributed by atoms with Crippen LogP contribution in [0.1, 0.15) is 8.30 Å². The fourth-order valence-corrected chi connectivity index (χ4v) is 2.16. The minimum atomic E-state index is -2.13. The van der Waals surface area contributed by atoms with Crippen molar-refractivity contribution in [1.29, 1.82) is 0 Å². The van der Waals surface area contributed by atoms with Gasteiger partial charge in [-0.2, -0.15) is 0 Å². The molecule has 1 saturated heterocycles. The average Bonchev–Trinajstić information content (AvgIpc) is 2.86. The third kappa shape index (κ3) is 3.06. The maximum absolute atomic E-state index is 12.0. The number of benzene rings is 2. The number of hydrogen-bond acceptors (Lipinski definition) is 3. The molecule has 1 aliphatic rings. The molecule has 3 rings (SSSR count). The van der Waals surface area contributed by atoms with Gasteiger partial charge in [-0.3, -0.25) is 4.79 Å². The van der Waals surface area contributed by atoms with Crippen LogP contribution in [0.2, 0.25) is 0 Å². The van der Waals surface area contributed by atoms with E-state index in [-0.39, 0.29) is 0 Å². The Morgan fingerprint density at radius 3 is 2.64 bits per heavy atom. The van der Waals surface area contributed by atoms with Gasteiger partial charge in [-0.1, -0.05) is 48.5 Å². The van der Waals surface area contributed by atoms with E-state index in [1.807, 2.05) is 54.6 Å². The van der Waals surface area contributed by atoms with Crippen LogP contribution in [0.15, 0.2) is 60.7 Å². The summed E-state index contributed by atoms with van der Waals surface area (Å²) in [4.78, 5) is 24.3. The number of imide groups is 1. The topological polar surface area (TPSA) is 46.6 Å². The highest BCUT2D eigenvalue weighted by atomic mass is 16.6. The fraction of sp³-hybridized carbons (Fsp3) is 0.111. The molecule has 0 N–H and O–H groups in total. The Morgan fingerprint density at radius 1 is 1.14 bits per heavy atom. The summed E-state index contributed by atoms with van der Waals surface area (Å²) in [5.41, 5.74) is 2.89. The summed E-state index contributed by atoms with van der Waals surface area (Å²) in [5, 5.41) is 0. The molecule has 1 fully saturated rings. The van der Waals surface area contributed by atoms with Gasteiger partial charge >= 0.3 is 6.09 Å². The Balaban J connectivity index is 1.76. The zero-order chi connectivity index (χ0) is 17.2. The van der Waals surface area contributed by atoms with Gasteiger partial charge in [0.15, 0.2) is 0 Å². The monoisotopic (exact) mass is 295 g/mol. The average molecular weight is 295 g/mol. The van der Waals surface area contributed by atoms with Crippen molar-refractivity contribution in [3.63, 3.8) is 0 Å². The highest BCUT2D eigenvalue weighted by molar-refractivity contribution is 6.01. The number of rotatable bonds is 3. The Hall–Kier alpha value is -2.88. The number of ether oxygens (including phenoxy) is 1. The van der Waals surface area contributed by atoms with E-state index >= 15 is 0 Å². The lowest BCUT2D eigenvalue weighted by Gasteiger charge is -2.06. The Labute approximate surface area is 131 Å². The smallest absolute Gasteiger partial charge is 0.416 e. The molecule has 4 nitrogen and oxygen atoms in total. The van der Waals surface area contributed by atoms with E-state index in [1.54, 1.807) is 6.08 Å². The third-order valence-electron chi connectivity index (χ3n) is 3.28. The second kappa shape index (κ2) is 6.26. The van der Waals surface area contributed by atoms with Gasteiger partial charge in [0.2, 0.25) is 0 Å². The summed E-state index contributed by atoms with van der Waals surface area (Å²) in [6.07, 6.45) is 1.87. The van der Waals surface area contributed by atoms with Gasteiger partial charge in [-0.25, -0.2) is 9.69 Å². The second-order valence-electron chi connectivity index (χ2n) is 4.76. The minimum Gasteiger partial charge on any atom is -0.447 e. The van der Waals surface area contributed by atoms with E-state index in [0.717, 1.165) is 21.6 Å². The molecular formula is C18H15NO3. The Morgan fingerprint density at radius 2 is 1.91 bits per heavy atom. The van der Waals surface area contributed by atoms with Gasteiger partial charge in [0.1, 0.15) is 6.56 Å². The number of carbonyl (C=O) groups is 2. The van der Waals surface area contributed by atoms with E-state index in [9.17, 15) is 9.59 Å². The molecule has 4 heteroatoms. The lowest BCUT2D eigenvalue weighted by molar-refractivity contribution is -0.122. The maximum atomic E-state index is 12.0. The SMILES string of the molecule is [2H]C1([2H])CN(C(=O)/C=C/c2cccc(-c3ccccc3)c2)C(=O)O1. The first-order chi connectivity index (χ1) is 11.4. The van der Waals surface area contributed by atoms with Crippen LogP contribution in [-0.4, -0.2) is 30.0 Å². The number of amides is 2. The van der Waals surface area contributed by atoms with Crippen LogP contribution in [0, 0.1) is 0 Å². The largest absolute Gasteiger partial charge is 0.447 e. The van der Waals surface area contributed by atoms with E-state index in [0.29, 0.717) is 0 Å². The predicted octanol–water partition coefficient (Wildman–Crippen LogP) is 3.35. The van der Waals surface area contributed by atoms with Gasteiger partial charge in [-0.05, 0) is 28.8 Å². The summed E-state index contributed by atoms with van der Waals surface area (Å²) in [6, 6.07) is 17.5. The quantitative estimate of drug-likeness (QED) is 0.816. The number of hydrogen-bond donors (Lipinski definition) is 0. The summed E-state index contributed by atoms with van der Waals surface area (Å²) in [6.45, 7) is -2.53. The number of carbonyl (C=O) groups excluding carboxylic acids is 2. The lowest BCUT2D eigenvalue weighted by Crippen LogP contribution is -2.29. The standard InChI is InChI=1S/C18H15NO3/c20-17(19-11-12-22-18(19)21)10-9-14-5-4-8-16(13-14)15-6-2-1-3-7-15/h1-10,13H,11-12H2/b10-9+/i12D2. The molecule has 2 aromatic carbocycles. The van der Waals surface area contributed by atoms with Crippen molar-refractivity contribution in [2.45, 2.75) is 0 Å². The molecule has 110 valence electrons. The first-order valence-corrected chi connectivity index (χ1v) is 6.83. The highest BCUT2D eigenvalue weighted by Crippen LogP contribution is 2.20. The van der Waals surface area contributed by atoms with Gasteiger partial charge in [0, 0.05) is 6.08 Å². The Bertz CT molecular complexity index is 803. The molecule has 0 unspecified atom stereocenters. The van der Waals surface area contributed by atoms with Crippen LogP contribution in [0.25, 0.3) is 17.2 Å². The van der Waals surface area contributed by atoms with Crippen molar-refractivity contribution in [1.82, 2.24) is 4.90 Å². The van der Waals surface area contributed by atoms with Gasteiger partial charge < -0.3 is 4.74 Å². The molecule has 0 atom stereocenters. The van der Waals surface area contributed by atoms with Crippen LogP contribution in [0.4, 0.5) is 4.79 Å². The number of cyclic esters (lactones) is 1.